The van der Waals surface area contributed by atoms with Crippen LogP contribution in [0.1, 0.15) is 51.9 Å². The van der Waals surface area contributed by atoms with E-state index >= 15 is 0 Å². The Morgan fingerprint density at radius 2 is 1.91 bits per heavy atom. The topological polar surface area (TPSA) is 134 Å². The van der Waals surface area contributed by atoms with Gasteiger partial charge in [-0.1, -0.05) is 0 Å². The Hall–Kier alpha value is -2.70. The summed E-state index contributed by atoms with van der Waals surface area (Å²) in [6.45, 7) is 0.861. The van der Waals surface area contributed by atoms with Gasteiger partial charge in [0.05, 0.1) is 6.04 Å². The molecule has 194 valence electrons. The summed E-state index contributed by atoms with van der Waals surface area (Å²) >= 11 is 0. The number of Topliss-reactive ketones (excluding diaryl/α,β-unsaturated/α-hetero) is 1. The van der Waals surface area contributed by atoms with Gasteiger partial charge in [0, 0.05) is 24.0 Å². The lowest BCUT2D eigenvalue weighted by molar-refractivity contribution is -0.321. The minimum Gasteiger partial charge on any atom is -0.356 e. The van der Waals surface area contributed by atoms with Gasteiger partial charge in [0.25, 0.3) is 0 Å². The SMILES string of the molecule is CC1(NC(=O)C(=O)N2[C@H]3CC[C@H](C3)[C@H]2C(=O)NC(C[C@@H]2CCNC2=O)C(=O)COC(F)(F)F)CC1. The molecular formula is C22H29F3N4O6. The Morgan fingerprint density at radius 1 is 1.20 bits per heavy atom. The third-order valence-corrected chi connectivity index (χ3v) is 7.46. The van der Waals surface area contributed by atoms with Gasteiger partial charge >= 0.3 is 18.2 Å². The van der Waals surface area contributed by atoms with Crippen molar-refractivity contribution in [2.45, 2.75) is 81.9 Å². The number of hydrogen-bond donors (Lipinski definition) is 3. The van der Waals surface area contributed by atoms with Crippen LogP contribution in [0.25, 0.3) is 0 Å². The Balaban J connectivity index is 1.47. The van der Waals surface area contributed by atoms with Gasteiger partial charge in [0.15, 0.2) is 5.78 Å². The van der Waals surface area contributed by atoms with Gasteiger partial charge in [0.1, 0.15) is 12.6 Å². The minimum atomic E-state index is -5.03. The second-order valence-corrected chi connectivity index (χ2v) is 10.2. The summed E-state index contributed by atoms with van der Waals surface area (Å²) in [6, 6.07) is -2.73. The van der Waals surface area contributed by atoms with E-state index in [0.29, 0.717) is 32.2 Å². The maximum atomic E-state index is 13.3. The van der Waals surface area contributed by atoms with Gasteiger partial charge in [-0.05, 0) is 57.8 Å². The molecule has 10 nitrogen and oxygen atoms in total. The number of halogens is 3. The minimum absolute atomic E-state index is 0.189. The first-order chi connectivity index (χ1) is 16.4. The number of carbonyl (C=O) groups excluding carboxylic acids is 5. The van der Waals surface area contributed by atoms with E-state index in [1.54, 1.807) is 0 Å². The number of hydrogen-bond acceptors (Lipinski definition) is 6. The maximum absolute atomic E-state index is 13.3. The molecule has 4 aliphatic rings. The van der Waals surface area contributed by atoms with Crippen LogP contribution in [0.4, 0.5) is 13.2 Å². The highest BCUT2D eigenvalue weighted by Crippen LogP contribution is 2.43. The molecule has 0 aromatic heterocycles. The number of nitrogens with zero attached hydrogens (tertiary/aromatic N) is 1. The molecule has 3 N–H and O–H groups in total. The molecule has 0 aromatic rings. The fraction of sp³-hybridized carbons (Fsp3) is 0.773. The average molecular weight is 502 g/mol. The fourth-order valence-corrected chi connectivity index (χ4v) is 5.31. The van der Waals surface area contributed by atoms with Crippen molar-refractivity contribution < 1.29 is 41.9 Å². The van der Waals surface area contributed by atoms with Gasteiger partial charge in [-0.2, -0.15) is 0 Å². The summed E-state index contributed by atoms with van der Waals surface area (Å²) in [5.41, 5.74) is -0.429. The van der Waals surface area contributed by atoms with Gasteiger partial charge < -0.3 is 20.9 Å². The zero-order valence-corrected chi connectivity index (χ0v) is 19.3. The maximum Gasteiger partial charge on any atom is 0.522 e. The Bertz CT molecular complexity index is 921. The summed E-state index contributed by atoms with van der Waals surface area (Å²) in [7, 11) is 0. The van der Waals surface area contributed by atoms with Crippen molar-refractivity contribution >= 4 is 29.4 Å². The van der Waals surface area contributed by atoms with Crippen molar-refractivity contribution in [3.63, 3.8) is 0 Å². The number of alkyl halides is 3. The van der Waals surface area contributed by atoms with Crippen LogP contribution in [0.2, 0.25) is 0 Å². The van der Waals surface area contributed by atoms with Crippen molar-refractivity contribution in [2.24, 2.45) is 11.8 Å². The number of amides is 4. The predicted molar refractivity (Wildman–Crippen MR) is 112 cm³/mol. The van der Waals surface area contributed by atoms with E-state index in [-0.39, 0.29) is 24.3 Å². The van der Waals surface area contributed by atoms with E-state index < -0.39 is 60.0 Å². The molecule has 1 unspecified atom stereocenters. The molecular weight excluding hydrogens is 473 g/mol. The van der Waals surface area contributed by atoms with Crippen LogP contribution in [-0.2, 0) is 28.7 Å². The van der Waals surface area contributed by atoms with Crippen molar-refractivity contribution in [2.75, 3.05) is 13.2 Å². The van der Waals surface area contributed by atoms with E-state index in [0.717, 1.165) is 12.8 Å². The molecule has 2 saturated heterocycles. The summed E-state index contributed by atoms with van der Waals surface area (Å²) in [4.78, 5) is 64.6. The first kappa shape index (κ1) is 25.4. The summed E-state index contributed by atoms with van der Waals surface area (Å²) in [5.74, 6) is -4.62. The highest BCUT2D eigenvalue weighted by atomic mass is 19.4. The quantitative estimate of drug-likeness (QED) is 0.405. The van der Waals surface area contributed by atoms with Crippen LogP contribution in [0.15, 0.2) is 0 Å². The summed E-state index contributed by atoms with van der Waals surface area (Å²) in [5, 5.41) is 7.74. The zero-order chi connectivity index (χ0) is 25.5. The number of ketones is 1. The highest BCUT2D eigenvalue weighted by Gasteiger charge is 2.53. The monoisotopic (exact) mass is 502 g/mol. The van der Waals surface area contributed by atoms with E-state index in [9.17, 15) is 37.1 Å². The first-order valence-electron chi connectivity index (χ1n) is 11.8. The van der Waals surface area contributed by atoms with E-state index in [2.05, 4.69) is 20.7 Å². The third-order valence-electron chi connectivity index (χ3n) is 7.46. The molecule has 35 heavy (non-hydrogen) atoms. The molecule has 0 radical (unpaired) electrons. The van der Waals surface area contributed by atoms with E-state index in [1.807, 2.05) is 6.92 Å². The summed E-state index contributed by atoms with van der Waals surface area (Å²) in [6.07, 6.45) is -1.55. The molecule has 4 rings (SSSR count). The number of rotatable bonds is 8. The van der Waals surface area contributed by atoms with Crippen LogP contribution in [0.3, 0.4) is 0 Å². The number of fused-ring (bicyclic) bond motifs is 2. The Morgan fingerprint density at radius 3 is 2.51 bits per heavy atom. The zero-order valence-electron chi connectivity index (χ0n) is 19.3. The predicted octanol–water partition coefficient (Wildman–Crippen LogP) is 0.151. The van der Waals surface area contributed by atoms with E-state index in [1.165, 1.54) is 4.90 Å². The summed E-state index contributed by atoms with van der Waals surface area (Å²) < 4.78 is 41.1. The van der Waals surface area contributed by atoms with Crippen molar-refractivity contribution in [1.82, 2.24) is 20.9 Å². The third kappa shape index (κ3) is 5.76. The molecule has 4 fully saturated rings. The van der Waals surface area contributed by atoms with Crippen LogP contribution in [0.5, 0.6) is 0 Å². The van der Waals surface area contributed by atoms with Crippen LogP contribution < -0.4 is 16.0 Å². The largest absolute Gasteiger partial charge is 0.522 e. The molecule has 2 bridgehead atoms. The lowest BCUT2D eigenvalue weighted by Crippen LogP contribution is -2.59. The first-order valence-corrected chi connectivity index (χ1v) is 11.8. The van der Waals surface area contributed by atoms with Gasteiger partial charge in [-0.25, -0.2) is 0 Å². The molecule has 13 heteroatoms. The number of likely N-dealkylation sites (tertiary alicyclic amines) is 1. The second-order valence-electron chi connectivity index (χ2n) is 10.2. The lowest BCUT2D eigenvalue weighted by atomic mass is 9.93. The number of ether oxygens (including phenoxy) is 1. The van der Waals surface area contributed by atoms with Crippen molar-refractivity contribution in [1.29, 1.82) is 0 Å². The van der Waals surface area contributed by atoms with Crippen molar-refractivity contribution in [3.8, 4) is 0 Å². The molecule has 4 amide bonds. The van der Waals surface area contributed by atoms with Crippen LogP contribution in [-0.4, -0.2) is 77.5 Å². The van der Waals surface area contributed by atoms with Crippen molar-refractivity contribution in [3.05, 3.63) is 0 Å². The van der Waals surface area contributed by atoms with Gasteiger partial charge in [0.2, 0.25) is 11.8 Å². The van der Waals surface area contributed by atoms with Gasteiger partial charge in [-0.15, -0.1) is 13.2 Å². The molecule has 0 spiro atoms. The highest BCUT2D eigenvalue weighted by molar-refractivity contribution is 6.35. The number of piperidine rings is 1. The van der Waals surface area contributed by atoms with Crippen LogP contribution in [0, 0.1) is 11.8 Å². The molecule has 2 saturated carbocycles. The number of carbonyl (C=O) groups is 5. The normalized spacial score (nSPS) is 29.5. The Labute approximate surface area is 199 Å². The van der Waals surface area contributed by atoms with E-state index in [4.69, 9.17) is 0 Å². The average Bonchev–Trinajstić information content (AvgIpc) is 3.15. The van der Waals surface area contributed by atoms with Gasteiger partial charge in [-0.3, -0.25) is 28.7 Å². The van der Waals surface area contributed by atoms with Crippen LogP contribution >= 0.6 is 0 Å². The number of nitrogens with one attached hydrogen (secondary N) is 3. The standard InChI is InChI=1S/C22H29F3N4O6/c1-21(5-6-21)28-19(33)20(34)29-13-3-2-11(8-13)16(29)18(32)27-14(9-12-4-7-26-17(12)31)15(30)10-35-22(23,24)25/h11-14,16H,2-10H2,1H3,(H,26,31)(H,27,32)(H,28,33)/t11-,12+,13+,14?,16+/m1/s1. The molecule has 5 atom stereocenters. The molecule has 2 aliphatic carbocycles. The molecule has 2 heterocycles. The second kappa shape index (κ2) is 9.40. The lowest BCUT2D eigenvalue weighted by Gasteiger charge is -2.35. The Kier molecular flexibility index (Phi) is 6.82. The smallest absolute Gasteiger partial charge is 0.356 e. The molecule has 2 aliphatic heterocycles. The fourth-order valence-electron chi connectivity index (χ4n) is 5.31. The molecule has 0 aromatic carbocycles.